The Kier molecular flexibility index (Phi) is 2.97. The first-order valence-corrected chi connectivity index (χ1v) is 7.25. The van der Waals surface area contributed by atoms with E-state index < -0.39 is 5.97 Å². The average molecular weight is 277 g/mol. The average Bonchev–Trinajstić information content (AvgIpc) is 2.95. The third-order valence-corrected chi connectivity index (χ3v) is 4.30. The lowest BCUT2D eigenvalue weighted by atomic mass is 10.3. The number of nitrogens with zero attached hydrogens (tertiary/aromatic N) is 3. The van der Waals surface area contributed by atoms with Crippen molar-refractivity contribution in [2.24, 2.45) is 5.92 Å². The molecule has 0 saturated heterocycles. The topological polar surface area (TPSA) is 68.0 Å². The van der Waals surface area contributed by atoms with Crippen LogP contribution in [-0.2, 0) is 4.79 Å². The van der Waals surface area contributed by atoms with Gasteiger partial charge in [-0.25, -0.2) is 9.97 Å². The minimum Gasteiger partial charge on any atom is -0.481 e. The fraction of sp³-hybridized carbons (Fsp3) is 0.462. The summed E-state index contributed by atoms with van der Waals surface area (Å²) in [5.41, 5.74) is 2.68. The summed E-state index contributed by atoms with van der Waals surface area (Å²) < 4.78 is 2.11. The molecule has 2 atom stereocenters. The van der Waals surface area contributed by atoms with Crippen molar-refractivity contribution < 1.29 is 9.90 Å². The molecule has 0 amide bonds. The molecule has 0 bridgehead atoms. The first kappa shape index (κ1) is 12.5. The Morgan fingerprint density at radius 1 is 1.53 bits per heavy atom. The first-order chi connectivity index (χ1) is 9.06. The van der Waals surface area contributed by atoms with E-state index in [0.717, 1.165) is 28.4 Å². The van der Waals surface area contributed by atoms with Crippen LogP contribution in [0.2, 0.25) is 0 Å². The van der Waals surface area contributed by atoms with Crippen molar-refractivity contribution in [2.45, 2.75) is 31.5 Å². The Morgan fingerprint density at radius 2 is 2.26 bits per heavy atom. The van der Waals surface area contributed by atoms with Crippen LogP contribution in [0, 0.1) is 12.8 Å². The third-order valence-electron chi connectivity index (χ3n) is 3.37. The summed E-state index contributed by atoms with van der Waals surface area (Å²) in [6.45, 7) is 4.15. The summed E-state index contributed by atoms with van der Waals surface area (Å²) in [4.78, 5) is 19.8. The number of rotatable bonds is 4. The maximum absolute atomic E-state index is 10.7. The number of imidazole rings is 1. The molecule has 5 nitrogen and oxygen atoms in total. The zero-order chi connectivity index (χ0) is 13.6. The Bertz CT molecular complexity index is 653. The molecule has 1 aliphatic carbocycles. The lowest BCUT2D eigenvalue weighted by Gasteiger charge is -2.06. The van der Waals surface area contributed by atoms with Crippen LogP contribution in [0.1, 0.15) is 25.1 Å². The number of aryl methyl sites for hydroxylation is 1. The van der Waals surface area contributed by atoms with Gasteiger partial charge in [-0.2, -0.15) is 0 Å². The van der Waals surface area contributed by atoms with Crippen LogP contribution < -0.4 is 0 Å². The summed E-state index contributed by atoms with van der Waals surface area (Å²) in [6, 6.07) is 4.30. The predicted octanol–water partition coefficient (Wildman–Crippen LogP) is 2.50. The van der Waals surface area contributed by atoms with Crippen molar-refractivity contribution in [2.75, 3.05) is 5.75 Å². The largest absolute Gasteiger partial charge is 0.481 e. The van der Waals surface area contributed by atoms with Crippen LogP contribution in [0.15, 0.2) is 17.3 Å². The van der Waals surface area contributed by atoms with Gasteiger partial charge in [-0.05, 0) is 31.4 Å². The van der Waals surface area contributed by atoms with Crippen molar-refractivity contribution in [1.82, 2.24) is 14.5 Å². The minimum absolute atomic E-state index is 0.0312. The maximum atomic E-state index is 10.7. The normalized spacial score (nSPS) is 21.8. The molecule has 1 N–H and O–H groups in total. The van der Waals surface area contributed by atoms with Gasteiger partial charge in [0.25, 0.3) is 0 Å². The summed E-state index contributed by atoms with van der Waals surface area (Å²) in [5.74, 6) is -0.177. The summed E-state index contributed by atoms with van der Waals surface area (Å²) >= 11 is 1.27. The number of hydrogen-bond acceptors (Lipinski definition) is 4. The second-order valence-corrected chi connectivity index (χ2v) is 5.96. The number of fused-ring (bicyclic) bond motifs is 1. The van der Waals surface area contributed by atoms with Gasteiger partial charge in [0.05, 0.1) is 5.75 Å². The third kappa shape index (κ3) is 2.32. The molecule has 2 unspecified atom stereocenters. The van der Waals surface area contributed by atoms with Gasteiger partial charge in [-0.1, -0.05) is 18.7 Å². The Balaban J connectivity index is 2.06. The number of carbonyl (C=O) groups is 1. The number of pyridine rings is 1. The van der Waals surface area contributed by atoms with E-state index in [1.54, 1.807) is 0 Å². The highest BCUT2D eigenvalue weighted by atomic mass is 32.2. The fourth-order valence-electron chi connectivity index (χ4n) is 2.24. The Morgan fingerprint density at radius 3 is 2.89 bits per heavy atom. The highest BCUT2D eigenvalue weighted by Crippen LogP contribution is 2.46. The zero-order valence-electron chi connectivity index (χ0n) is 10.8. The highest BCUT2D eigenvalue weighted by molar-refractivity contribution is 7.99. The molecule has 0 aliphatic heterocycles. The molecule has 2 aromatic rings. The van der Waals surface area contributed by atoms with Crippen LogP contribution in [0.25, 0.3) is 11.2 Å². The lowest BCUT2D eigenvalue weighted by molar-refractivity contribution is -0.133. The van der Waals surface area contributed by atoms with Crippen molar-refractivity contribution in [3.8, 4) is 0 Å². The van der Waals surface area contributed by atoms with Crippen LogP contribution in [0.5, 0.6) is 0 Å². The van der Waals surface area contributed by atoms with E-state index in [0.29, 0.717) is 12.0 Å². The molecule has 1 fully saturated rings. The lowest BCUT2D eigenvalue weighted by Crippen LogP contribution is -2.03. The summed E-state index contributed by atoms with van der Waals surface area (Å²) in [6.07, 6.45) is 1.11. The van der Waals surface area contributed by atoms with E-state index in [2.05, 4.69) is 21.5 Å². The zero-order valence-corrected chi connectivity index (χ0v) is 11.6. The SMILES string of the molecule is Cc1ccc2nc(SCC(=O)O)n(C3CC3C)c2n1. The summed E-state index contributed by atoms with van der Waals surface area (Å²) in [5, 5.41) is 9.59. The number of carboxylic acids is 1. The van der Waals surface area contributed by atoms with Gasteiger partial charge in [-0.15, -0.1) is 0 Å². The molecule has 3 rings (SSSR count). The minimum atomic E-state index is -0.823. The molecule has 19 heavy (non-hydrogen) atoms. The van der Waals surface area contributed by atoms with E-state index in [-0.39, 0.29) is 5.75 Å². The van der Waals surface area contributed by atoms with E-state index >= 15 is 0 Å². The van der Waals surface area contributed by atoms with Crippen LogP contribution >= 0.6 is 11.8 Å². The van der Waals surface area contributed by atoms with E-state index in [9.17, 15) is 4.79 Å². The van der Waals surface area contributed by atoms with Crippen molar-refractivity contribution in [1.29, 1.82) is 0 Å². The van der Waals surface area contributed by atoms with E-state index in [1.807, 2.05) is 19.1 Å². The van der Waals surface area contributed by atoms with Gasteiger partial charge < -0.3 is 9.67 Å². The molecule has 1 saturated carbocycles. The van der Waals surface area contributed by atoms with Gasteiger partial charge in [0.2, 0.25) is 0 Å². The molecule has 2 aromatic heterocycles. The molecular formula is C13H15N3O2S. The number of aromatic nitrogens is 3. The number of thioether (sulfide) groups is 1. The van der Waals surface area contributed by atoms with Crippen LogP contribution in [0.4, 0.5) is 0 Å². The molecule has 6 heteroatoms. The molecular weight excluding hydrogens is 262 g/mol. The quantitative estimate of drug-likeness (QED) is 0.870. The van der Waals surface area contributed by atoms with Crippen LogP contribution in [0.3, 0.4) is 0 Å². The Hall–Kier alpha value is -1.56. The van der Waals surface area contributed by atoms with Gasteiger partial charge in [0.15, 0.2) is 10.8 Å². The number of hydrogen-bond donors (Lipinski definition) is 1. The second kappa shape index (κ2) is 4.52. The van der Waals surface area contributed by atoms with E-state index in [4.69, 9.17) is 5.11 Å². The van der Waals surface area contributed by atoms with E-state index in [1.165, 1.54) is 11.8 Å². The van der Waals surface area contributed by atoms with Crippen molar-refractivity contribution in [3.05, 3.63) is 17.8 Å². The monoisotopic (exact) mass is 277 g/mol. The molecule has 1 aliphatic rings. The van der Waals surface area contributed by atoms with Gasteiger partial charge >= 0.3 is 5.97 Å². The molecule has 0 radical (unpaired) electrons. The summed E-state index contributed by atoms with van der Waals surface area (Å²) in [7, 11) is 0. The van der Waals surface area contributed by atoms with Gasteiger partial charge in [0.1, 0.15) is 5.52 Å². The fourth-order valence-corrected chi connectivity index (χ4v) is 3.01. The number of aliphatic carboxylic acids is 1. The highest BCUT2D eigenvalue weighted by Gasteiger charge is 2.37. The second-order valence-electron chi connectivity index (χ2n) is 5.02. The molecule has 0 aromatic carbocycles. The predicted molar refractivity (Wildman–Crippen MR) is 73.4 cm³/mol. The van der Waals surface area contributed by atoms with Gasteiger partial charge in [0, 0.05) is 11.7 Å². The number of carboxylic acid groups (broad SMARTS) is 1. The molecule has 0 spiro atoms. The van der Waals surface area contributed by atoms with Crippen LogP contribution in [-0.4, -0.2) is 31.4 Å². The molecule has 2 heterocycles. The Labute approximate surface area is 115 Å². The molecule has 100 valence electrons. The maximum Gasteiger partial charge on any atom is 0.313 e. The van der Waals surface area contributed by atoms with Crippen molar-refractivity contribution >= 4 is 28.9 Å². The van der Waals surface area contributed by atoms with Crippen molar-refractivity contribution in [3.63, 3.8) is 0 Å². The first-order valence-electron chi connectivity index (χ1n) is 6.26. The van der Waals surface area contributed by atoms with Gasteiger partial charge in [-0.3, -0.25) is 4.79 Å². The smallest absolute Gasteiger partial charge is 0.313 e. The standard InChI is InChI=1S/C13H15N3O2S/c1-7-5-10(7)16-12-9(4-3-8(2)14-12)15-13(16)19-6-11(17)18/h3-4,7,10H,5-6H2,1-2H3,(H,17,18).